The van der Waals surface area contributed by atoms with E-state index in [2.05, 4.69) is 21.7 Å². The number of piperidine rings is 2. The summed E-state index contributed by atoms with van der Waals surface area (Å²) in [7, 11) is 0. The average molecular weight is 461 g/mol. The lowest BCUT2D eigenvalue weighted by Crippen LogP contribution is -2.51. The smallest absolute Gasteiger partial charge is 0.450 e. The number of anilines is 1. The largest absolute Gasteiger partial charge is 0.506 e. The molecule has 2 atom stereocenters. The van der Waals surface area contributed by atoms with Gasteiger partial charge >= 0.3 is 12.2 Å². The van der Waals surface area contributed by atoms with Crippen LogP contribution in [0.2, 0.25) is 0 Å². The molecule has 4 rings (SSSR count). The van der Waals surface area contributed by atoms with Gasteiger partial charge in [0.2, 0.25) is 0 Å². The first-order chi connectivity index (χ1) is 16.0. The molecule has 2 unspecified atom stereocenters. The minimum Gasteiger partial charge on any atom is -0.450 e. The van der Waals surface area contributed by atoms with Gasteiger partial charge < -0.3 is 19.5 Å². The summed E-state index contributed by atoms with van der Waals surface area (Å²) in [4.78, 5) is 34.6. The summed E-state index contributed by atoms with van der Waals surface area (Å²) in [6.45, 7) is 6.23. The first kappa shape index (κ1) is 23.6. The Bertz CT molecular complexity index is 778. The first-order valence-corrected chi connectivity index (χ1v) is 12.3. The number of unbranched alkanes of at least 4 members (excludes halogenated alkanes) is 1. The van der Waals surface area contributed by atoms with Gasteiger partial charge in [-0.1, -0.05) is 19.8 Å². The van der Waals surface area contributed by atoms with E-state index < -0.39 is 6.16 Å². The summed E-state index contributed by atoms with van der Waals surface area (Å²) in [5.74, 6) is 0. The van der Waals surface area contributed by atoms with Crippen molar-refractivity contribution in [3.8, 4) is 0 Å². The van der Waals surface area contributed by atoms with Crippen LogP contribution in [0.3, 0.4) is 0 Å². The molecule has 33 heavy (non-hydrogen) atoms. The Morgan fingerprint density at radius 2 is 1.85 bits per heavy atom. The molecule has 182 valence electrons. The predicted octanol–water partition coefficient (Wildman–Crippen LogP) is 3.59. The van der Waals surface area contributed by atoms with Crippen LogP contribution in [0.4, 0.5) is 15.3 Å². The molecule has 1 aromatic heterocycles. The van der Waals surface area contributed by atoms with E-state index in [-0.39, 0.29) is 30.4 Å². The Morgan fingerprint density at radius 1 is 1.15 bits per heavy atom. The lowest BCUT2D eigenvalue weighted by atomic mass is 9.96. The van der Waals surface area contributed by atoms with Crippen molar-refractivity contribution >= 4 is 17.9 Å². The second kappa shape index (κ2) is 11.0. The zero-order valence-corrected chi connectivity index (χ0v) is 19.5. The second-order valence-corrected chi connectivity index (χ2v) is 9.35. The number of pyridine rings is 1. The van der Waals surface area contributed by atoms with Crippen molar-refractivity contribution in [1.82, 2.24) is 14.8 Å². The zero-order valence-electron chi connectivity index (χ0n) is 19.5. The number of rotatable bonds is 8. The van der Waals surface area contributed by atoms with Crippen LogP contribution in [0.1, 0.15) is 51.9 Å². The van der Waals surface area contributed by atoms with E-state index in [4.69, 9.17) is 14.6 Å². The highest BCUT2D eigenvalue weighted by atomic mass is 16.7. The van der Waals surface area contributed by atoms with E-state index in [0.717, 1.165) is 58.3 Å². The number of amides is 1. The van der Waals surface area contributed by atoms with E-state index in [1.54, 1.807) is 0 Å². The normalized spacial score (nSPS) is 25.3. The van der Waals surface area contributed by atoms with Gasteiger partial charge in [0.25, 0.3) is 0 Å². The Labute approximate surface area is 195 Å². The highest BCUT2D eigenvalue weighted by Gasteiger charge is 2.46. The lowest BCUT2D eigenvalue weighted by molar-refractivity contribution is 0.00985. The number of aromatic nitrogens is 1. The van der Waals surface area contributed by atoms with Crippen molar-refractivity contribution in [1.29, 1.82) is 0 Å². The SMILES string of the molecule is CCCCC1C(CN2CCC(OC(=O)O)CC2)OC(=O)N1C1CCN(c2ccncc2)CC1. The minimum absolute atomic E-state index is 0.0999. The number of carboxylic acid groups (broad SMARTS) is 1. The third-order valence-electron chi connectivity index (χ3n) is 7.23. The molecule has 0 spiro atoms. The van der Waals surface area contributed by atoms with Gasteiger partial charge in [-0.05, 0) is 44.2 Å². The summed E-state index contributed by atoms with van der Waals surface area (Å²) in [6, 6.07) is 4.38. The van der Waals surface area contributed by atoms with E-state index in [1.807, 2.05) is 29.4 Å². The van der Waals surface area contributed by atoms with Crippen LogP contribution in [0.5, 0.6) is 0 Å². The number of hydrogen-bond acceptors (Lipinski definition) is 7. The van der Waals surface area contributed by atoms with Crippen molar-refractivity contribution in [3.05, 3.63) is 24.5 Å². The Balaban J connectivity index is 1.35. The Hall–Kier alpha value is -2.55. The molecule has 1 N–H and O–H groups in total. The van der Waals surface area contributed by atoms with E-state index >= 15 is 0 Å². The molecular formula is C24H36N4O5. The lowest BCUT2D eigenvalue weighted by Gasteiger charge is -2.39. The molecule has 0 aromatic carbocycles. The number of carbonyl (C=O) groups excluding carboxylic acids is 1. The molecule has 0 saturated carbocycles. The average Bonchev–Trinajstić information content (AvgIpc) is 3.13. The molecule has 3 fully saturated rings. The van der Waals surface area contributed by atoms with Gasteiger partial charge in [0.1, 0.15) is 12.2 Å². The number of hydrogen-bond donors (Lipinski definition) is 1. The molecule has 9 heteroatoms. The number of nitrogens with zero attached hydrogens (tertiary/aromatic N) is 4. The quantitative estimate of drug-likeness (QED) is 0.588. The third-order valence-corrected chi connectivity index (χ3v) is 7.23. The molecule has 3 saturated heterocycles. The zero-order chi connectivity index (χ0) is 23.2. The standard InChI is InChI=1S/C24H36N4O5/c1-2-3-4-21-22(17-26-13-9-20(10-14-26)32-24(30)31)33-23(29)28(21)19-7-15-27(16-8-19)18-5-11-25-12-6-18/h5-6,11-12,19-22H,2-4,7-10,13-17H2,1H3,(H,30,31). The van der Waals surface area contributed by atoms with Crippen molar-refractivity contribution < 1.29 is 24.2 Å². The van der Waals surface area contributed by atoms with Crippen LogP contribution in [-0.2, 0) is 9.47 Å². The maximum absolute atomic E-state index is 13.0. The fraction of sp³-hybridized carbons (Fsp3) is 0.708. The molecule has 1 amide bonds. The van der Waals surface area contributed by atoms with Gasteiger partial charge in [0.15, 0.2) is 0 Å². The van der Waals surface area contributed by atoms with Gasteiger partial charge in [-0.25, -0.2) is 9.59 Å². The molecular weight excluding hydrogens is 424 g/mol. The predicted molar refractivity (Wildman–Crippen MR) is 123 cm³/mol. The summed E-state index contributed by atoms with van der Waals surface area (Å²) in [5, 5.41) is 8.84. The molecule has 1 aromatic rings. The van der Waals surface area contributed by atoms with Crippen molar-refractivity contribution in [3.63, 3.8) is 0 Å². The summed E-state index contributed by atoms with van der Waals surface area (Å²) >= 11 is 0. The first-order valence-electron chi connectivity index (χ1n) is 12.3. The van der Waals surface area contributed by atoms with E-state index in [9.17, 15) is 9.59 Å². The maximum Gasteiger partial charge on any atom is 0.506 e. The summed E-state index contributed by atoms with van der Waals surface area (Å²) < 4.78 is 10.9. The molecule has 4 heterocycles. The molecule has 3 aliphatic rings. The third kappa shape index (κ3) is 5.88. The molecule has 0 bridgehead atoms. The monoisotopic (exact) mass is 460 g/mol. The van der Waals surface area contributed by atoms with Crippen LogP contribution in [-0.4, -0.2) is 89.2 Å². The van der Waals surface area contributed by atoms with Crippen molar-refractivity contribution in [2.75, 3.05) is 37.6 Å². The highest BCUT2D eigenvalue weighted by Crippen LogP contribution is 2.32. The number of ether oxygens (including phenoxy) is 2. The maximum atomic E-state index is 13.0. The van der Waals surface area contributed by atoms with Gasteiger partial charge in [0.05, 0.1) is 6.04 Å². The van der Waals surface area contributed by atoms with Crippen LogP contribution in [0, 0.1) is 0 Å². The van der Waals surface area contributed by atoms with Crippen LogP contribution >= 0.6 is 0 Å². The number of cyclic esters (lactones) is 1. The number of carbonyl (C=O) groups is 2. The fourth-order valence-electron chi connectivity index (χ4n) is 5.46. The van der Waals surface area contributed by atoms with Gasteiger partial charge in [-0.15, -0.1) is 0 Å². The van der Waals surface area contributed by atoms with Crippen LogP contribution in [0.15, 0.2) is 24.5 Å². The molecule has 0 aliphatic carbocycles. The Morgan fingerprint density at radius 3 is 2.48 bits per heavy atom. The van der Waals surface area contributed by atoms with Crippen LogP contribution in [0.25, 0.3) is 0 Å². The molecule has 9 nitrogen and oxygen atoms in total. The fourth-order valence-corrected chi connectivity index (χ4v) is 5.46. The second-order valence-electron chi connectivity index (χ2n) is 9.35. The Kier molecular flexibility index (Phi) is 7.90. The van der Waals surface area contributed by atoms with Gasteiger partial charge in [-0.2, -0.15) is 0 Å². The number of likely N-dealkylation sites (tertiary alicyclic amines) is 1. The minimum atomic E-state index is -1.21. The summed E-state index contributed by atoms with van der Waals surface area (Å²) in [6.07, 6.45) is 8.24. The van der Waals surface area contributed by atoms with Gasteiger partial charge in [-0.3, -0.25) is 14.8 Å². The highest BCUT2D eigenvalue weighted by molar-refractivity contribution is 5.71. The van der Waals surface area contributed by atoms with Crippen molar-refractivity contribution in [2.45, 2.75) is 76.2 Å². The van der Waals surface area contributed by atoms with Gasteiger partial charge in [0, 0.05) is 56.8 Å². The topological polar surface area (TPSA) is 95.4 Å². The van der Waals surface area contributed by atoms with Crippen molar-refractivity contribution in [2.24, 2.45) is 0 Å². The van der Waals surface area contributed by atoms with E-state index in [1.165, 1.54) is 5.69 Å². The summed E-state index contributed by atoms with van der Waals surface area (Å²) in [5.41, 5.74) is 1.18. The van der Waals surface area contributed by atoms with E-state index in [0.29, 0.717) is 19.4 Å². The molecule has 3 aliphatic heterocycles. The molecule has 0 radical (unpaired) electrons. The van der Waals surface area contributed by atoms with Crippen LogP contribution < -0.4 is 4.90 Å².